The summed E-state index contributed by atoms with van der Waals surface area (Å²) in [5.41, 5.74) is 4.65. The lowest BCUT2D eigenvalue weighted by molar-refractivity contribution is 0.553. The van der Waals surface area contributed by atoms with Gasteiger partial charge in [0.25, 0.3) is 0 Å². The third kappa shape index (κ3) is 2.54. The summed E-state index contributed by atoms with van der Waals surface area (Å²) in [6, 6.07) is 6.86. The molecule has 1 fully saturated rings. The molecule has 0 aromatic heterocycles. The van der Waals surface area contributed by atoms with Crippen LogP contribution in [0.4, 0.5) is 5.69 Å². The molecule has 2 aliphatic rings. The van der Waals surface area contributed by atoms with Gasteiger partial charge in [-0.3, -0.25) is 0 Å². The predicted molar refractivity (Wildman–Crippen MR) is 77.2 cm³/mol. The number of hydrogen-bond donors (Lipinski definition) is 1. The van der Waals surface area contributed by atoms with Crippen molar-refractivity contribution in [1.29, 1.82) is 0 Å². The molecule has 0 aliphatic carbocycles. The molecule has 1 saturated heterocycles. The van der Waals surface area contributed by atoms with E-state index in [0.29, 0.717) is 0 Å². The number of anilines is 1. The van der Waals surface area contributed by atoms with Crippen molar-refractivity contribution >= 4 is 5.69 Å². The van der Waals surface area contributed by atoms with Gasteiger partial charge in [0.05, 0.1) is 0 Å². The van der Waals surface area contributed by atoms with Crippen LogP contribution in [0.5, 0.6) is 0 Å². The van der Waals surface area contributed by atoms with Crippen molar-refractivity contribution in [1.82, 2.24) is 5.32 Å². The van der Waals surface area contributed by atoms with Gasteiger partial charge in [-0.2, -0.15) is 0 Å². The maximum absolute atomic E-state index is 3.47. The van der Waals surface area contributed by atoms with Crippen molar-refractivity contribution in [3.05, 3.63) is 29.3 Å². The molecule has 2 heterocycles. The molecule has 0 bridgehead atoms. The fourth-order valence-corrected chi connectivity index (χ4v) is 3.30. The molecule has 98 valence electrons. The maximum Gasteiger partial charge on any atom is 0.0402 e. The number of nitrogens with one attached hydrogen (secondary N) is 1. The van der Waals surface area contributed by atoms with Crippen LogP contribution in [-0.4, -0.2) is 19.6 Å². The molecule has 18 heavy (non-hydrogen) atoms. The molecule has 0 atom stereocenters. The Hall–Kier alpha value is -1.02. The predicted octanol–water partition coefficient (Wildman–Crippen LogP) is 3.10. The van der Waals surface area contributed by atoms with Crippen molar-refractivity contribution in [3.63, 3.8) is 0 Å². The summed E-state index contributed by atoms with van der Waals surface area (Å²) >= 11 is 0. The smallest absolute Gasteiger partial charge is 0.0402 e. The zero-order valence-corrected chi connectivity index (χ0v) is 11.3. The molecule has 3 rings (SSSR count). The van der Waals surface area contributed by atoms with Gasteiger partial charge in [0.15, 0.2) is 0 Å². The van der Waals surface area contributed by atoms with E-state index < -0.39 is 0 Å². The standard InChI is InChI=1S/C16H24N2/c1-2-4-11-18(12-5-3-1)16-8-6-7-14-13-17-10-9-15(14)16/h6-8,17H,1-5,9-13H2. The Kier molecular flexibility index (Phi) is 3.84. The van der Waals surface area contributed by atoms with Gasteiger partial charge < -0.3 is 10.2 Å². The number of benzene rings is 1. The Morgan fingerprint density at radius 2 is 1.72 bits per heavy atom. The van der Waals surface area contributed by atoms with Crippen LogP contribution in [-0.2, 0) is 13.0 Å². The molecule has 0 radical (unpaired) electrons. The van der Waals surface area contributed by atoms with Gasteiger partial charge in [0.1, 0.15) is 0 Å². The van der Waals surface area contributed by atoms with Crippen LogP contribution in [0.15, 0.2) is 18.2 Å². The molecular formula is C16H24N2. The number of hydrogen-bond acceptors (Lipinski definition) is 2. The summed E-state index contributed by atoms with van der Waals surface area (Å²) < 4.78 is 0. The minimum Gasteiger partial charge on any atom is -0.371 e. The van der Waals surface area contributed by atoms with E-state index in [4.69, 9.17) is 0 Å². The minimum absolute atomic E-state index is 1.05. The van der Waals surface area contributed by atoms with Crippen LogP contribution in [0.3, 0.4) is 0 Å². The first-order valence-electron chi connectivity index (χ1n) is 7.51. The van der Waals surface area contributed by atoms with E-state index in [9.17, 15) is 0 Å². The monoisotopic (exact) mass is 244 g/mol. The Morgan fingerprint density at radius 3 is 2.56 bits per heavy atom. The second-order valence-corrected chi connectivity index (χ2v) is 5.60. The lowest BCUT2D eigenvalue weighted by Gasteiger charge is -2.31. The van der Waals surface area contributed by atoms with E-state index in [1.54, 1.807) is 5.56 Å². The molecule has 2 nitrogen and oxygen atoms in total. The quantitative estimate of drug-likeness (QED) is 0.816. The van der Waals surface area contributed by atoms with Crippen LogP contribution < -0.4 is 10.2 Å². The fraction of sp³-hybridized carbons (Fsp3) is 0.625. The van der Waals surface area contributed by atoms with Gasteiger partial charge in [0.2, 0.25) is 0 Å². The van der Waals surface area contributed by atoms with Gasteiger partial charge in [-0.25, -0.2) is 0 Å². The highest BCUT2D eigenvalue weighted by atomic mass is 15.1. The zero-order valence-electron chi connectivity index (χ0n) is 11.3. The molecule has 2 heteroatoms. The summed E-state index contributed by atoms with van der Waals surface area (Å²) in [6.45, 7) is 4.70. The molecule has 1 aromatic carbocycles. The Balaban J connectivity index is 1.85. The lowest BCUT2D eigenvalue weighted by Crippen LogP contribution is -2.31. The van der Waals surface area contributed by atoms with Crippen molar-refractivity contribution in [3.8, 4) is 0 Å². The van der Waals surface area contributed by atoms with E-state index in [1.807, 2.05) is 0 Å². The van der Waals surface area contributed by atoms with Crippen molar-refractivity contribution in [2.75, 3.05) is 24.5 Å². The van der Waals surface area contributed by atoms with Gasteiger partial charge >= 0.3 is 0 Å². The minimum atomic E-state index is 1.05. The number of nitrogens with zero attached hydrogens (tertiary/aromatic N) is 1. The van der Waals surface area contributed by atoms with E-state index >= 15 is 0 Å². The average molecular weight is 244 g/mol. The summed E-state index contributed by atoms with van der Waals surface area (Å²) in [4.78, 5) is 2.64. The molecular weight excluding hydrogens is 220 g/mol. The van der Waals surface area contributed by atoms with E-state index in [-0.39, 0.29) is 0 Å². The molecule has 2 aliphatic heterocycles. The lowest BCUT2D eigenvalue weighted by atomic mass is 9.97. The molecule has 0 spiro atoms. The number of rotatable bonds is 1. The first-order chi connectivity index (χ1) is 8.95. The first kappa shape index (κ1) is 12.0. The molecule has 0 amide bonds. The zero-order chi connectivity index (χ0) is 12.2. The van der Waals surface area contributed by atoms with Crippen molar-refractivity contribution < 1.29 is 0 Å². The average Bonchev–Trinajstić information content (AvgIpc) is 2.38. The van der Waals surface area contributed by atoms with E-state index in [1.165, 1.54) is 62.9 Å². The van der Waals surface area contributed by atoms with Crippen LogP contribution >= 0.6 is 0 Å². The summed E-state index contributed by atoms with van der Waals surface area (Å²) in [6.07, 6.45) is 8.18. The van der Waals surface area contributed by atoms with Crippen LogP contribution in [0, 0.1) is 0 Å². The highest BCUT2D eigenvalue weighted by Crippen LogP contribution is 2.28. The highest BCUT2D eigenvalue weighted by molar-refractivity contribution is 5.57. The van der Waals surface area contributed by atoms with Gasteiger partial charge in [-0.1, -0.05) is 31.4 Å². The van der Waals surface area contributed by atoms with Crippen LogP contribution in [0.1, 0.15) is 43.2 Å². The largest absolute Gasteiger partial charge is 0.371 e. The molecule has 0 unspecified atom stereocenters. The molecule has 1 N–H and O–H groups in total. The second-order valence-electron chi connectivity index (χ2n) is 5.60. The van der Waals surface area contributed by atoms with Gasteiger partial charge in [-0.05, 0) is 43.0 Å². The molecule has 1 aromatic rings. The van der Waals surface area contributed by atoms with Crippen LogP contribution in [0.25, 0.3) is 0 Å². The fourth-order valence-electron chi connectivity index (χ4n) is 3.30. The summed E-state index contributed by atoms with van der Waals surface area (Å²) in [5, 5.41) is 3.47. The van der Waals surface area contributed by atoms with Crippen molar-refractivity contribution in [2.45, 2.75) is 45.1 Å². The first-order valence-corrected chi connectivity index (χ1v) is 7.51. The Morgan fingerprint density at radius 1 is 0.944 bits per heavy atom. The van der Waals surface area contributed by atoms with Gasteiger partial charge in [-0.15, -0.1) is 0 Å². The normalized spacial score (nSPS) is 21.0. The number of fused-ring (bicyclic) bond motifs is 1. The third-order valence-electron chi connectivity index (χ3n) is 4.31. The topological polar surface area (TPSA) is 15.3 Å². The summed E-state index contributed by atoms with van der Waals surface area (Å²) in [5.74, 6) is 0. The maximum atomic E-state index is 3.47. The van der Waals surface area contributed by atoms with Gasteiger partial charge in [0, 0.05) is 25.3 Å². The van der Waals surface area contributed by atoms with Crippen molar-refractivity contribution in [2.24, 2.45) is 0 Å². The SMILES string of the molecule is c1cc2c(c(N3CCCCCCC3)c1)CCNC2. The van der Waals surface area contributed by atoms with Crippen LogP contribution in [0.2, 0.25) is 0 Å². The third-order valence-corrected chi connectivity index (χ3v) is 4.31. The summed E-state index contributed by atoms with van der Waals surface area (Å²) in [7, 11) is 0. The van der Waals surface area contributed by atoms with E-state index in [0.717, 1.165) is 13.1 Å². The molecule has 0 saturated carbocycles. The Bertz CT molecular complexity index is 392. The highest BCUT2D eigenvalue weighted by Gasteiger charge is 2.17. The Labute approximate surface area is 110 Å². The van der Waals surface area contributed by atoms with E-state index in [2.05, 4.69) is 28.4 Å². The second kappa shape index (κ2) is 5.75.